The highest BCUT2D eigenvalue weighted by atomic mass is 35.5. The van der Waals surface area contributed by atoms with Crippen LogP contribution in [0.2, 0.25) is 0 Å². The van der Waals surface area contributed by atoms with E-state index in [4.69, 9.17) is 11.6 Å². The fraction of sp³-hybridized carbons (Fsp3) is 0.600. The average molecular weight is 297 g/mol. The zero-order chi connectivity index (χ0) is 13.1. The van der Waals surface area contributed by atoms with Gasteiger partial charge in [-0.1, -0.05) is 0 Å². The predicted octanol–water partition coefficient (Wildman–Crippen LogP) is 2.13. The third-order valence-electron chi connectivity index (χ3n) is 2.57. The Morgan fingerprint density at radius 1 is 1.59 bits per heavy atom. The third kappa shape index (κ3) is 3.40. The van der Waals surface area contributed by atoms with Crippen LogP contribution in [0, 0.1) is 0 Å². The maximum Gasteiger partial charge on any atom is 0.244 e. The van der Waals surface area contributed by atoms with Gasteiger partial charge in [-0.2, -0.15) is 16.1 Å². The SMILES string of the molecule is CSCC(C)N(C)S(=O)(=O)c1c[nH]c(CCl)c1. The molecule has 1 aromatic heterocycles. The number of hydrogen-bond donors (Lipinski definition) is 1. The standard InChI is InChI=1S/C10H17ClN2O2S2/c1-8(7-16-3)13(2)17(14,15)10-4-9(5-11)12-6-10/h4,6,8,12H,5,7H2,1-3H3. The average Bonchev–Trinajstić information content (AvgIpc) is 2.77. The normalized spacial score (nSPS) is 14.2. The van der Waals surface area contributed by atoms with Gasteiger partial charge in [0.1, 0.15) is 0 Å². The smallest absolute Gasteiger partial charge is 0.244 e. The molecule has 1 atom stereocenters. The van der Waals surface area contributed by atoms with Crippen LogP contribution in [0.5, 0.6) is 0 Å². The minimum atomic E-state index is -3.42. The molecule has 0 aliphatic rings. The van der Waals surface area contributed by atoms with Gasteiger partial charge in [0.2, 0.25) is 10.0 Å². The van der Waals surface area contributed by atoms with E-state index in [-0.39, 0.29) is 16.8 Å². The van der Waals surface area contributed by atoms with E-state index >= 15 is 0 Å². The Labute approximate surface area is 112 Å². The lowest BCUT2D eigenvalue weighted by molar-refractivity contribution is 0.415. The Hall–Kier alpha value is -0.170. The molecule has 0 fully saturated rings. The topological polar surface area (TPSA) is 53.2 Å². The van der Waals surface area contributed by atoms with Crippen LogP contribution in [0.25, 0.3) is 0 Å². The van der Waals surface area contributed by atoms with E-state index in [9.17, 15) is 8.42 Å². The van der Waals surface area contributed by atoms with Crippen LogP contribution in [0.1, 0.15) is 12.6 Å². The number of nitrogens with zero attached hydrogens (tertiary/aromatic N) is 1. The Morgan fingerprint density at radius 3 is 2.71 bits per heavy atom. The zero-order valence-electron chi connectivity index (χ0n) is 10.1. The number of aromatic nitrogens is 1. The first kappa shape index (κ1) is 14.9. The number of rotatable bonds is 6. The first-order valence-corrected chi connectivity index (χ1v) is 8.50. The summed E-state index contributed by atoms with van der Waals surface area (Å²) in [4.78, 5) is 3.11. The molecule has 0 aromatic carbocycles. The van der Waals surface area contributed by atoms with Crippen molar-refractivity contribution in [2.45, 2.75) is 23.7 Å². The highest BCUT2D eigenvalue weighted by Crippen LogP contribution is 2.19. The van der Waals surface area contributed by atoms with Crippen LogP contribution >= 0.6 is 23.4 Å². The first-order chi connectivity index (χ1) is 7.93. The van der Waals surface area contributed by atoms with E-state index in [2.05, 4.69) is 4.98 Å². The van der Waals surface area contributed by atoms with E-state index in [0.717, 1.165) is 5.75 Å². The summed E-state index contributed by atoms with van der Waals surface area (Å²) in [5.41, 5.74) is 0.705. The summed E-state index contributed by atoms with van der Waals surface area (Å²) >= 11 is 7.26. The number of nitrogens with one attached hydrogen (secondary N) is 1. The quantitative estimate of drug-likeness (QED) is 0.818. The molecule has 17 heavy (non-hydrogen) atoms. The van der Waals surface area contributed by atoms with Crippen molar-refractivity contribution in [3.8, 4) is 0 Å². The van der Waals surface area contributed by atoms with Crippen molar-refractivity contribution in [1.29, 1.82) is 0 Å². The number of halogens is 1. The summed E-state index contributed by atoms with van der Waals surface area (Å²) in [5.74, 6) is 1.04. The number of H-pyrrole nitrogens is 1. The number of thioether (sulfide) groups is 1. The van der Waals surface area contributed by atoms with Crippen molar-refractivity contribution in [2.24, 2.45) is 0 Å². The lowest BCUT2D eigenvalue weighted by atomic mass is 10.4. The Balaban J connectivity index is 2.94. The molecule has 0 spiro atoms. The van der Waals surface area contributed by atoms with Crippen molar-refractivity contribution in [3.05, 3.63) is 18.0 Å². The van der Waals surface area contributed by atoms with Gasteiger partial charge in [-0.05, 0) is 19.2 Å². The van der Waals surface area contributed by atoms with Gasteiger partial charge in [-0.25, -0.2) is 8.42 Å². The largest absolute Gasteiger partial charge is 0.363 e. The zero-order valence-corrected chi connectivity index (χ0v) is 12.5. The molecule has 0 aliphatic heterocycles. The van der Waals surface area contributed by atoms with E-state index in [1.54, 1.807) is 24.9 Å². The molecule has 0 amide bonds. The fourth-order valence-electron chi connectivity index (χ4n) is 1.39. The second-order valence-electron chi connectivity index (χ2n) is 3.82. The van der Waals surface area contributed by atoms with Gasteiger partial charge in [-0.3, -0.25) is 0 Å². The van der Waals surface area contributed by atoms with Crippen LogP contribution in [0.3, 0.4) is 0 Å². The summed E-state index contributed by atoms with van der Waals surface area (Å²) in [6.07, 6.45) is 3.44. The molecule has 7 heteroatoms. The Morgan fingerprint density at radius 2 is 2.24 bits per heavy atom. The van der Waals surface area contributed by atoms with Crippen molar-refractivity contribution >= 4 is 33.4 Å². The maximum absolute atomic E-state index is 12.2. The van der Waals surface area contributed by atoms with E-state index < -0.39 is 10.0 Å². The summed E-state index contributed by atoms with van der Waals surface area (Å²) in [6.45, 7) is 1.89. The van der Waals surface area contributed by atoms with Gasteiger partial charge >= 0.3 is 0 Å². The van der Waals surface area contributed by atoms with Gasteiger partial charge in [0.15, 0.2) is 0 Å². The second-order valence-corrected chi connectivity index (χ2v) is 7.00. The molecule has 4 nitrogen and oxygen atoms in total. The summed E-state index contributed by atoms with van der Waals surface area (Å²) in [6, 6.07) is 1.54. The van der Waals surface area contributed by atoms with Crippen LogP contribution in [-0.4, -0.2) is 42.8 Å². The first-order valence-electron chi connectivity index (χ1n) is 5.13. The molecule has 0 aliphatic carbocycles. The maximum atomic E-state index is 12.2. The molecule has 1 aromatic rings. The molecular formula is C10H17ClN2O2S2. The number of alkyl halides is 1. The highest BCUT2D eigenvalue weighted by Gasteiger charge is 2.25. The minimum absolute atomic E-state index is 0.0376. The van der Waals surface area contributed by atoms with E-state index in [1.165, 1.54) is 10.5 Å². The Kier molecular flexibility index (Phi) is 5.37. The molecule has 1 heterocycles. The van der Waals surface area contributed by atoms with Gasteiger partial charge in [0.05, 0.1) is 10.8 Å². The molecule has 0 saturated carbocycles. The summed E-state index contributed by atoms with van der Waals surface area (Å²) in [7, 11) is -1.82. The van der Waals surface area contributed by atoms with Gasteiger partial charge in [-0.15, -0.1) is 11.6 Å². The van der Waals surface area contributed by atoms with E-state index in [0.29, 0.717) is 5.69 Å². The number of aromatic amines is 1. The van der Waals surface area contributed by atoms with Crippen molar-refractivity contribution in [2.75, 3.05) is 19.1 Å². The van der Waals surface area contributed by atoms with Crippen molar-refractivity contribution in [1.82, 2.24) is 9.29 Å². The third-order valence-corrected chi connectivity index (χ3v) is 5.62. The van der Waals surface area contributed by atoms with Gasteiger partial charge in [0, 0.05) is 30.7 Å². The monoisotopic (exact) mass is 296 g/mol. The van der Waals surface area contributed by atoms with Gasteiger partial charge < -0.3 is 4.98 Å². The molecule has 0 radical (unpaired) electrons. The minimum Gasteiger partial charge on any atom is -0.363 e. The Bertz CT molecular complexity index is 459. The van der Waals surface area contributed by atoms with Crippen LogP contribution < -0.4 is 0 Å². The molecule has 1 rings (SSSR count). The fourth-order valence-corrected chi connectivity index (χ4v) is 3.73. The molecule has 0 saturated heterocycles. The highest BCUT2D eigenvalue weighted by molar-refractivity contribution is 7.98. The number of sulfonamides is 1. The predicted molar refractivity (Wildman–Crippen MR) is 73.1 cm³/mol. The van der Waals surface area contributed by atoms with E-state index in [1.807, 2.05) is 13.2 Å². The lowest BCUT2D eigenvalue weighted by Gasteiger charge is -2.22. The van der Waals surface area contributed by atoms with Crippen LogP contribution in [0.15, 0.2) is 17.2 Å². The van der Waals surface area contributed by atoms with Crippen molar-refractivity contribution < 1.29 is 8.42 Å². The second kappa shape index (κ2) is 6.13. The van der Waals surface area contributed by atoms with Crippen LogP contribution in [-0.2, 0) is 15.9 Å². The number of hydrogen-bond acceptors (Lipinski definition) is 3. The molecular weight excluding hydrogens is 280 g/mol. The molecule has 0 bridgehead atoms. The van der Waals surface area contributed by atoms with Crippen LogP contribution in [0.4, 0.5) is 0 Å². The lowest BCUT2D eigenvalue weighted by Crippen LogP contribution is -2.36. The molecule has 98 valence electrons. The summed E-state index contributed by atoms with van der Waals surface area (Å²) in [5, 5.41) is 0. The molecule has 1 unspecified atom stereocenters. The summed E-state index contributed by atoms with van der Waals surface area (Å²) < 4.78 is 25.9. The van der Waals surface area contributed by atoms with Gasteiger partial charge in [0.25, 0.3) is 0 Å². The molecule has 1 N–H and O–H groups in total. The van der Waals surface area contributed by atoms with Crippen molar-refractivity contribution in [3.63, 3.8) is 0 Å².